The summed E-state index contributed by atoms with van der Waals surface area (Å²) in [6, 6.07) is 2.57. The lowest BCUT2D eigenvalue weighted by atomic mass is 10.2. The van der Waals surface area contributed by atoms with Crippen molar-refractivity contribution in [2.24, 2.45) is 7.05 Å². The van der Waals surface area contributed by atoms with Crippen molar-refractivity contribution in [1.82, 2.24) is 14.9 Å². The Hall–Kier alpha value is -1.13. The maximum atomic E-state index is 4.50. The van der Waals surface area contributed by atoms with Gasteiger partial charge in [-0.05, 0) is 38.8 Å². The van der Waals surface area contributed by atoms with E-state index in [0.29, 0.717) is 6.04 Å². The lowest BCUT2D eigenvalue weighted by Gasteiger charge is -2.11. The maximum Gasteiger partial charge on any atom is 0.109 e. The molecular weight excluding hydrogens is 254 g/mol. The molecule has 2 aromatic rings. The van der Waals surface area contributed by atoms with Crippen LogP contribution in [-0.2, 0) is 20.0 Å². The summed E-state index contributed by atoms with van der Waals surface area (Å²) in [7, 11) is 2.12. The van der Waals surface area contributed by atoms with Crippen molar-refractivity contribution in [2.45, 2.75) is 46.7 Å². The van der Waals surface area contributed by atoms with E-state index in [9.17, 15) is 0 Å². The average molecular weight is 277 g/mol. The second-order valence-electron chi connectivity index (χ2n) is 5.08. The Morgan fingerprint density at radius 2 is 2.16 bits per heavy atom. The van der Waals surface area contributed by atoms with Crippen molar-refractivity contribution in [2.75, 3.05) is 0 Å². The zero-order valence-electron chi connectivity index (χ0n) is 12.4. The molecule has 1 N–H and O–H groups in total. The topological polar surface area (TPSA) is 29.9 Å². The van der Waals surface area contributed by atoms with Crippen LogP contribution in [0.3, 0.4) is 0 Å². The van der Waals surface area contributed by atoms with Crippen molar-refractivity contribution >= 4 is 11.3 Å². The van der Waals surface area contributed by atoms with Crippen LogP contribution in [0.1, 0.15) is 46.7 Å². The standard InChI is InChI=1S/C15H23N3S/c1-6-14-9-17-15(19-14)11(3)16-8-13-7-10(2)18(5)12(13)4/h7,9,11,16H,6,8H2,1-5H3. The van der Waals surface area contributed by atoms with Gasteiger partial charge in [-0.15, -0.1) is 11.3 Å². The minimum atomic E-state index is 0.310. The predicted octanol–water partition coefficient (Wildman–Crippen LogP) is 3.51. The minimum absolute atomic E-state index is 0.310. The lowest BCUT2D eigenvalue weighted by Crippen LogP contribution is -2.18. The molecule has 0 bridgehead atoms. The lowest BCUT2D eigenvalue weighted by molar-refractivity contribution is 0.570. The normalized spacial score (nSPS) is 12.9. The van der Waals surface area contributed by atoms with Crippen molar-refractivity contribution in [3.05, 3.63) is 39.1 Å². The third kappa shape index (κ3) is 3.07. The number of thiazole rings is 1. The van der Waals surface area contributed by atoms with Crippen LogP contribution in [0.15, 0.2) is 12.3 Å². The van der Waals surface area contributed by atoms with Gasteiger partial charge >= 0.3 is 0 Å². The highest BCUT2D eigenvalue weighted by Gasteiger charge is 2.11. The smallest absolute Gasteiger partial charge is 0.109 e. The van der Waals surface area contributed by atoms with E-state index < -0.39 is 0 Å². The number of rotatable bonds is 5. The van der Waals surface area contributed by atoms with Crippen LogP contribution in [0.5, 0.6) is 0 Å². The summed E-state index contributed by atoms with van der Waals surface area (Å²) in [5.74, 6) is 0. The molecule has 2 aromatic heterocycles. The van der Waals surface area contributed by atoms with E-state index in [1.165, 1.54) is 26.8 Å². The Morgan fingerprint density at radius 3 is 2.68 bits per heavy atom. The van der Waals surface area contributed by atoms with Gasteiger partial charge in [0.25, 0.3) is 0 Å². The molecule has 19 heavy (non-hydrogen) atoms. The Bertz CT molecular complexity index is 554. The SMILES string of the molecule is CCc1cnc(C(C)NCc2cc(C)n(C)c2C)s1. The Balaban J connectivity index is 2.00. The Morgan fingerprint density at radius 1 is 1.42 bits per heavy atom. The van der Waals surface area contributed by atoms with Crippen LogP contribution in [0.4, 0.5) is 0 Å². The number of nitrogens with one attached hydrogen (secondary N) is 1. The van der Waals surface area contributed by atoms with E-state index >= 15 is 0 Å². The molecule has 4 heteroatoms. The highest BCUT2D eigenvalue weighted by molar-refractivity contribution is 7.11. The molecule has 104 valence electrons. The summed E-state index contributed by atoms with van der Waals surface area (Å²) < 4.78 is 2.24. The first kappa shape index (κ1) is 14.3. The fourth-order valence-electron chi connectivity index (χ4n) is 2.15. The molecule has 0 aliphatic rings. The largest absolute Gasteiger partial charge is 0.352 e. The molecule has 3 nitrogen and oxygen atoms in total. The number of hydrogen-bond acceptors (Lipinski definition) is 3. The highest BCUT2D eigenvalue weighted by atomic mass is 32.1. The number of aromatic nitrogens is 2. The number of nitrogens with zero attached hydrogens (tertiary/aromatic N) is 2. The van der Waals surface area contributed by atoms with Crippen molar-refractivity contribution in [3.8, 4) is 0 Å². The van der Waals surface area contributed by atoms with E-state index in [2.05, 4.69) is 55.7 Å². The van der Waals surface area contributed by atoms with E-state index in [4.69, 9.17) is 0 Å². The Labute approximate surface area is 119 Å². The first-order valence-electron chi connectivity index (χ1n) is 6.82. The quantitative estimate of drug-likeness (QED) is 0.906. The van der Waals surface area contributed by atoms with E-state index in [-0.39, 0.29) is 0 Å². The highest BCUT2D eigenvalue weighted by Crippen LogP contribution is 2.21. The molecule has 0 radical (unpaired) electrons. The Kier molecular flexibility index (Phi) is 4.42. The molecule has 0 fully saturated rings. The fourth-order valence-corrected chi connectivity index (χ4v) is 3.03. The maximum absolute atomic E-state index is 4.50. The zero-order valence-corrected chi connectivity index (χ0v) is 13.3. The van der Waals surface area contributed by atoms with Gasteiger partial charge in [-0.1, -0.05) is 6.92 Å². The van der Waals surface area contributed by atoms with Gasteiger partial charge in [0, 0.05) is 36.1 Å². The summed E-state index contributed by atoms with van der Waals surface area (Å²) in [4.78, 5) is 5.85. The van der Waals surface area contributed by atoms with E-state index in [1.54, 1.807) is 0 Å². The van der Waals surface area contributed by atoms with Gasteiger partial charge in [-0.2, -0.15) is 0 Å². The number of aryl methyl sites for hydroxylation is 2. The van der Waals surface area contributed by atoms with Gasteiger partial charge in [-0.3, -0.25) is 0 Å². The van der Waals surface area contributed by atoms with Crippen LogP contribution >= 0.6 is 11.3 Å². The summed E-state index contributed by atoms with van der Waals surface area (Å²) in [5.41, 5.74) is 4.02. The molecule has 0 spiro atoms. The van der Waals surface area contributed by atoms with Gasteiger partial charge in [0.05, 0.1) is 6.04 Å². The molecule has 0 aliphatic heterocycles. The monoisotopic (exact) mass is 277 g/mol. The first-order valence-corrected chi connectivity index (χ1v) is 7.64. The molecule has 2 heterocycles. The van der Waals surface area contributed by atoms with E-state index in [1.807, 2.05) is 17.5 Å². The molecule has 0 aromatic carbocycles. The van der Waals surface area contributed by atoms with Crippen LogP contribution in [0, 0.1) is 13.8 Å². The summed E-state index contributed by atoms with van der Waals surface area (Å²) in [5, 5.41) is 4.75. The van der Waals surface area contributed by atoms with Gasteiger partial charge in [0.1, 0.15) is 5.01 Å². The molecule has 0 saturated carbocycles. The summed E-state index contributed by atoms with van der Waals surface area (Å²) >= 11 is 1.81. The molecule has 0 aliphatic carbocycles. The second-order valence-corrected chi connectivity index (χ2v) is 6.22. The minimum Gasteiger partial charge on any atom is -0.352 e. The third-order valence-corrected chi connectivity index (χ3v) is 5.09. The van der Waals surface area contributed by atoms with Crippen LogP contribution < -0.4 is 5.32 Å². The van der Waals surface area contributed by atoms with Crippen LogP contribution in [0.2, 0.25) is 0 Å². The van der Waals surface area contributed by atoms with Crippen molar-refractivity contribution < 1.29 is 0 Å². The first-order chi connectivity index (χ1) is 9.02. The van der Waals surface area contributed by atoms with Crippen LogP contribution in [0.25, 0.3) is 0 Å². The number of hydrogen-bond donors (Lipinski definition) is 1. The molecule has 1 unspecified atom stereocenters. The van der Waals surface area contributed by atoms with Crippen LogP contribution in [-0.4, -0.2) is 9.55 Å². The van der Waals surface area contributed by atoms with Crippen molar-refractivity contribution in [3.63, 3.8) is 0 Å². The predicted molar refractivity (Wildman–Crippen MR) is 81.6 cm³/mol. The molecule has 0 amide bonds. The van der Waals surface area contributed by atoms with Gasteiger partial charge in [0.15, 0.2) is 0 Å². The van der Waals surface area contributed by atoms with Gasteiger partial charge < -0.3 is 9.88 Å². The average Bonchev–Trinajstić information content (AvgIpc) is 2.97. The van der Waals surface area contributed by atoms with Gasteiger partial charge in [0.2, 0.25) is 0 Å². The summed E-state index contributed by atoms with van der Waals surface area (Å²) in [6.07, 6.45) is 3.07. The van der Waals surface area contributed by atoms with E-state index in [0.717, 1.165) is 13.0 Å². The van der Waals surface area contributed by atoms with Gasteiger partial charge in [-0.25, -0.2) is 4.98 Å². The molecular formula is C15H23N3S. The molecule has 1 atom stereocenters. The second kappa shape index (κ2) is 5.88. The van der Waals surface area contributed by atoms with Crippen molar-refractivity contribution in [1.29, 1.82) is 0 Å². The molecule has 0 saturated heterocycles. The zero-order chi connectivity index (χ0) is 14.0. The summed E-state index contributed by atoms with van der Waals surface area (Å²) in [6.45, 7) is 9.58. The third-order valence-electron chi connectivity index (χ3n) is 3.77. The molecule has 2 rings (SSSR count). The fraction of sp³-hybridized carbons (Fsp3) is 0.533.